The summed E-state index contributed by atoms with van der Waals surface area (Å²) in [6, 6.07) is 9.05. The van der Waals surface area contributed by atoms with Crippen LogP contribution in [-0.4, -0.2) is 5.91 Å². The van der Waals surface area contributed by atoms with E-state index in [9.17, 15) is 4.79 Å². The number of thiophene rings is 1. The summed E-state index contributed by atoms with van der Waals surface area (Å²) in [5.41, 5.74) is 3.16. The molecule has 1 aliphatic carbocycles. The maximum Gasteiger partial charge on any atom is 0.256 e. The van der Waals surface area contributed by atoms with Crippen molar-refractivity contribution in [1.29, 1.82) is 0 Å². The second kappa shape index (κ2) is 8.12. The zero-order valence-electron chi connectivity index (χ0n) is 18.4. The lowest BCUT2D eigenvalue weighted by atomic mass is 9.69. The van der Waals surface area contributed by atoms with E-state index in [1.54, 1.807) is 17.4 Å². The van der Waals surface area contributed by atoms with E-state index in [1.807, 2.05) is 24.3 Å². The van der Waals surface area contributed by atoms with Crippen molar-refractivity contribution in [2.45, 2.75) is 52.6 Å². The van der Waals surface area contributed by atoms with Crippen LogP contribution in [0.25, 0.3) is 11.3 Å². The molecule has 3 heterocycles. The van der Waals surface area contributed by atoms with Gasteiger partial charge in [-0.15, -0.1) is 11.3 Å². The molecule has 0 fully saturated rings. The van der Waals surface area contributed by atoms with E-state index in [0.717, 1.165) is 41.8 Å². The van der Waals surface area contributed by atoms with Crippen LogP contribution in [0, 0.1) is 11.3 Å². The van der Waals surface area contributed by atoms with Gasteiger partial charge >= 0.3 is 0 Å². The Morgan fingerprint density at radius 1 is 1.16 bits per heavy atom. The van der Waals surface area contributed by atoms with Crippen molar-refractivity contribution in [1.82, 2.24) is 5.32 Å². The summed E-state index contributed by atoms with van der Waals surface area (Å²) in [6.45, 7) is 6.99. The van der Waals surface area contributed by atoms with Crippen LogP contribution >= 0.6 is 34.5 Å². The van der Waals surface area contributed by atoms with Gasteiger partial charge in [0.05, 0.1) is 5.56 Å². The highest BCUT2D eigenvalue weighted by Crippen LogP contribution is 2.47. The molecule has 0 radical (unpaired) electrons. The fourth-order valence-corrected chi connectivity index (χ4v) is 6.63. The molecular formula is C25H26Cl2N2O2S. The van der Waals surface area contributed by atoms with Gasteiger partial charge in [-0.1, -0.05) is 50.4 Å². The summed E-state index contributed by atoms with van der Waals surface area (Å²) in [5, 5.41) is 8.62. The molecule has 4 nitrogen and oxygen atoms in total. The molecular weight excluding hydrogens is 463 g/mol. The third-order valence-electron chi connectivity index (χ3n) is 7.12. The molecule has 0 saturated heterocycles. The highest BCUT2D eigenvalue weighted by atomic mass is 35.5. The van der Waals surface area contributed by atoms with Crippen LogP contribution in [0.3, 0.4) is 0 Å². The maximum atomic E-state index is 13.1. The molecule has 168 valence electrons. The Kier molecular flexibility index (Phi) is 5.55. The van der Waals surface area contributed by atoms with Crippen LogP contribution in [0.1, 0.15) is 66.3 Å². The first-order valence-electron chi connectivity index (χ1n) is 11.0. The lowest BCUT2D eigenvalue weighted by molar-refractivity contribution is 0.0930. The predicted octanol–water partition coefficient (Wildman–Crippen LogP) is 7.71. The van der Waals surface area contributed by atoms with Gasteiger partial charge < -0.3 is 15.1 Å². The zero-order valence-corrected chi connectivity index (χ0v) is 20.7. The van der Waals surface area contributed by atoms with Gasteiger partial charge in [-0.05, 0) is 66.5 Å². The first-order chi connectivity index (χ1) is 15.2. The van der Waals surface area contributed by atoms with Crippen molar-refractivity contribution >= 4 is 45.4 Å². The lowest BCUT2D eigenvalue weighted by Gasteiger charge is -2.36. The average molecular weight is 489 g/mol. The Morgan fingerprint density at radius 3 is 2.62 bits per heavy atom. The van der Waals surface area contributed by atoms with Crippen molar-refractivity contribution in [3.63, 3.8) is 0 Å². The van der Waals surface area contributed by atoms with Crippen molar-refractivity contribution in [2.75, 3.05) is 5.32 Å². The van der Waals surface area contributed by atoms with Crippen LogP contribution in [0.5, 0.6) is 0 Å². The molecule has 3 aromatic rings. The number of hydrogen-bond acceptors (Lipinski definition) is 4. The molecule has 7 heteroatoms. The molecule has 0 bridgehead atoms. The number of benzene rings is 1. The van der Waals surface area contributed by atoms with E-state index < -0.39 is 6.17 Å². The van der Waals surface area contributed by atoms with Crippen LogP contribution < -0.4 is 10.6 Å². The Bertz CT molecular complexity index is 1180. The number of amides is 1. The van der Waals surface area contributed by atoms with Gasteiger partial charge in [0.25, 0.3) is 5.91 Å². The Morgan fingerprint density at radius 2 is 1.91 bits per heavy atom. The van der Waals surface area contributed by atoms with Gasteiger partial charge in [-0.2, -0.15) is 0 Å². The third kappa shape index (κ3) is 3.85. The van der Waals surface area contributed by atoms with Gasteiger partial charge in [0.15, 0.2) is 6.17 Å². The first-order valence-corrected chi connectivity index (χ1v) is 12.6. The molecule has 2 atom stereocenters. The zero-order chi connectivity index (χ0) is 22.6. The van der Waals surface area contributed by atoms with Gasteiger partial charge in [-0.3, -0.25) is 4.79 Å². The number of fused-ring (bicyclic) bond motifs is 3. The largest absolute Gasteiger partial charge is 0.457 e. The van der Waals surface area contributed by atoms with Gasteiger partial charge in [0, 0.05) is 20.5 Å². The van der Waals surface area contributed by atoms with Crippen LogP contribution in [0.2, 0.25) is 10.0 Å². The minimum absolute atomic E-state index is 0.0294. The highest BCUT2D eigenvalue weighted by molar-refractivity contribution is 7.16. The fourth-order valence-electron chi connectivity index (χ4n) is 4.76. The SMILES string of the molecule is CCC(C)(C)[C@@H]1CCc2c(sc3c2C(=O)N[C@@H](c2ccc(-c4cc(Cl)cc(Cl)c4)o2)N3)C1. The second-order valence-corrected chi connectivity index (χ2v) is 11.4. The van der Waals surface area contributed by atoms with Gasteiger partial charge in [-0.25, -0.2) is 0 Å². The van der Waals surface area contributed by atoms with Crippen molar-refractivity contribution in [3.05, 3.63) is 62.1 Å². The minimum Gasteiger partial charge on any atom is -0.457 e. The number of halogens is 2. The number of hydrogen-bond donors (Lipinski definition) is 2. The Labute approximate surface area is 202 Å². The summed E-state index contributed by atoms with van der Waals surface area (Å²) >= 11 is 14.0. The van der Waals surface area contributed by atoms with E-state index in [2.05, 4.69) is 31.4 Å². The number of carbonyl (C=O) groups is 1. The quantitative estimate of drug-likeness (QED) is 0.395. The van der Waals surface area contributed by atoms with Gasteiger partial charge in [0.1, 0.15) is 16.5 Å². The average Bonchev–Trinajstić information content (AvgIpc) is 3.37. The summed E-state index contributed by atoms with van der Waals surface area (Å²) in [7, 11) is 0. The van der Waals surface area contributed by atoms with E-state index in [4.69, 9.17) is 27.6 Å². The summed E-state index contributed by atoms with van der Waals surface area (Å²) in [6.07, 6.45) is 3.90. The predicted molar refractivity (Wildman–Crippen MR) is 132 cm³/mol. The molecule has 1 aliphatic heterocycles. The molecule has 1 amide bonds. The van der Waals surface area contributed by atoms with E-state index in [-0.39, 0.29) is 5.91 Å². The first kappa shape index (κ1) is 21.9. The molecule has 5 rings (SSSR count). The fraction of sp³-hybridized carbons (Fsp3) is 0.400. The Hall–Kier alpha value is -1.95. The number of anilines is 1. The van der Waals surface area contributed by atoms with Gasteiger partial charge in [0.2, 0.25) is 0 Å². The number of furan rings is 1. The third-order valence-corrected chi connectivity index (χ3v) is 8.74. The van der Waals surface area contributed by atoms with E-state index in [1.165, 1.54) is 10.4 Å². The van der Waals surface area contributed by atoms with Crippen molar-refractivity contribution in [3.8, 4) is 11.3 Å². The molecule has 0 saturated carbocycles. The molecule has 1 aromatic carbocycles. The molecule has 0 unspecified atom stereocenters. The number of rotatable bonds is 4. The molecule has 2 aromatic heterocycles. The molecule has 0 spiro atoms. The summed E-state index contributed by atoms with van der Waals surface area (Å²) in [5.74, 6) is 1.92. The number of nitrogens with one attached hydrogen (secondary N) is 2. The smallest absolute Gasteiger partial charge is 0.256 e. The van der Waals surface area contributed by atoms with Crippen LogP contribution in [0.4, 0.5) is 5.00 Å². The van der Waals surface area contributed by atoms with Crippen molar-refractivity contribution < 1.29 is 9.21 Å². The maximum absolute atomic E-state index is 13.1. The minimum atomic E-state index is -0.415. The standard InChI is InChI=1S/C25H26Cl2N2O2S/c1-4-25(2,3)14-5-6-17-20(11-14)32-24-21(17)23(30)28-22(29-24)19-8-7-18(31-19)13-9-15(26)12-16(27)10-13/h7-10,12,14,22,29H,4-6,11H2,1-3H3,(H,28,30)/t14-,22-/m1/s1. The van der Waals surface area contributed by atoms with E-state index >= 15 is 0 Å². The summed E-state index contributed by atoms with van der Waals surface area (Å²) in [4.78, 5) is 14.4. The topological polar surface area (TPSA) is 54.3 Å². The second-order valence-electron chi connectivity index (χ2n) is 9.40. The monoisotopic (exact) mass is 488 g/mol. The highest BCUT2D eigenvalue weighted by Gasteiger charge is 2.37. The van der Waals surface area contributed by atoms with Crippen LogP contribution in [0.15, 0.2) is 34.7 Å². The van der Waals surface area contributed by atoms with E-state index in [0.29, 0.717) is 32.9 Å². The van der Waals surface area contributed by atoms with Crippen LogP contribution in [-0.2, 0) is 12.8 Å². The Balaban J connectivity index is 1.41. The molecule has 2 N–H and O–H groups in total. The summed E-state index contributed by atoms with van der Waals surface area (Å²) < 4.78 is 6.07. The molecule has 32 heavy (non-hydrogen) atoms. The van der Waals surface area contributed by atoms with Crippen molar-refractivity contribution in [2.24, 2.45) is 11.3 Å². The normalized spacial score (nSPS) is 20.3. The lowest BCUT2D eigenvalue weighted by Crippen LogP contribution is -2.38. The molecule has 2 aliphatic rings. The number of carbonyl (C=O) groups excluding carboxylic acids is 1.